The van der Waals surface area contributed by atoms with Crippen LogP contribution in [0.15, 0.2) is 21.5 Å². The normalized spacial score (nSPS) is 14.5. The zero-order chi connectivity index (χ0) is 15.8. The monoisotopic (exact) mass is 413 g/mol. The van der Waals surface area contributed by atoms with E-state index in [1.54, 1.807) is 13.8 Å². The third-order valence-electron chi connectivity index (χ3n) is 2.67. The van der Waals surface area contributed by atoms with Crippen molar-refractivity contribution in [2.45, 2.75) is 24.3 Å². The second-order valence-corrected chi connectivity index (χ2v) is 8.02. The van der Waals surface area contributed by atoms with Crippen molar-refractivity contribution in [2.75, 3.05) is 18.5 Å². The Hall–Kier alpha value is -0.870. The average molecular weight is 415 g/mol. The van der Waals surface area contributed by atoms with E-state index in [4.69, 9.17) is 10.5 Å². The highest BCUT2D eigenvalue weighted by atomic mass is 79.9. The van der Waals surface area contributed by atoms with E-state index >= 15 is 0 Å². The van der Waals surface area contributed by atoms with E-state index in [0.717, 1.165) is 0 Å². The molecule has 0 bridgehead atoms. The first kappa shape index (κ1) is 19.2. The number of benzene rings is 1. The molecule has 7 nitrogen and oxygen atoms in total. The molecule has 1 heterocycles. The van der Waals surface area contributed by atoms with Crippen LogP contribution in [-0.4, -0.2) is 33.0 Å². The number of ether oxygens (including phenoxy) is 1. The SMILES string of the molecule is CC(C)(N)CNS(=O)(=O)c1cc2c(cc1Br)NC(=O)CO2.Cl. The lowest BCUT2D eigenvalue weighted by Gasteiger charge is -2.21. The van der Waals surface area contributed by atoms with Crippen LogP contribution < -0.4 is 20.5 Å². The van der Waals surface area contributed by atoms with Gasteiger partial charge in [0.05, 0.1) is 10.6 Å². The maximum atomic E-state index is 12.3. The number of amides is 1. The van der Waals surface area contributed by atoms with Crippen molar-refractivity contribution in [1.82, 2.24) is 4.72 Å². The minimum atomic E-state index is -3.74. The molecule has 0 fully saturated rings. The number of hydrogen-bond acceptors (Lipinski definition) is 5. The zero-order valence-electron chi connectivity index (χ0n) is 12.0. The van der Waals surface area contributed by atoms with Crippen LogP contribution in [-0.2, 0) is 14.8 Å². The number of sulfonamides is 1. The van der Waals surface area contributed by atoms with Gasteiger partial charge in [-0.25, -0.2) is 13.1 Å². The van der Waals surface area contributed by atoms with Gasteiger partial charge < -0.3 is 15.8 Å². The summed E-state index contributed by atoms with van der Waals surface area (Å²) in [4.78, 5) is 11.3. The second kappa shape index (κ2) is 6.71. The Morgan fingerprint density at radius 2 is 2.09 bits per heavy atom. The van der Waals surface area contributed by atoms with Crippen molar-refractivity contribution < 1.29 is 17.9 Å². The first-order valence-electron chi connectivity index (χ1n) is 6.13. The Bertz CT molecular complexity index is 688. The quantitative estimate of drug-likeness (QED) is 0.686. The minimum absolute atomic E-state index is 0. The lowest BCUT2D eigenvalue weighted by atomic mass is 10.1. The van der Waals surface area contributed by atoms with Gasteiger partial charge in [0.15, 0.2) is 6.61 Å². The summed E-state index contributed by atoms with van der Waals surface area (Å²) in [6.45, 7) is 3.39. The average Bonchev–Trinajstić information content (AvgIpc) is 2.34. The molecule has 1 amide bonds. The molecule has 0 atom stereocenters. The fourth-order valence-corrected chi connectivity index (χ4v) is 3.92. The van der Waals surface area contributed by atoms with Crippen molar-refractivity contribution in [2.24, 2.45) is 5.73 Å². The van der Waals surface area contributed by atoms with Gasteiger partial charge in [-0.05, 0) is 35.8 Å². The molecule has 2 rings (SSSR count). The molecule has 0 unspecified atom stereocenters. The number of carbonyl (C=O) groups is 1. The first-order chi connectivity index (χ1) is 9.58. The molecule has 0 radical (unpaired) electrons. The van der Waals surface area contributed by atoms with Crippen molar-refractivity contribution in [1.29, 1.82) is 0 Å². The lowest BCUT2D eigenvalue weighted by molar-refractivity contribution is -0.118. The van der Waals surface area contributed by atoms with E-state index in [0.29, 0.717) is 15.9 Å². The van der Waals surface area contributed by atoms with Crippen molar-refractivity contribution in [3.8, 4) is 5.75 Å². The van der Waals surface area contributed by atoms with Crippen molar-refractivity contribution in [3.05, 3.63) is 16.6 Å². The maximum Gasteiger partial charge on any atom is 0.262 e. The van der Waals surface area contributed by atoms with E-state index in [1.165, 1.54) is 12.1 Å². The highest BCUT2D eigenvalue weighted by Gasteiger charge is 2.25. The number of carbonyl (C=O) groups excluding carboxylic acids is 1. The van der Waals surface area contributed by atoms with Crippen LogP contribution in [0.3, 0.4) is 0 Å². The molecule has 0 saturated heterocycles. The van der Waals surface area contributed by atoms with E-state index in [9.17, 15) is 13.2 Å². The van der Waals surface area contributed by atoms with E-state index in [1.807, 2.05) is 0 Å². The highest BCUT2D eigenvalue weighted by molar-refractivity contribution is 9.10. The zero-order valence-corrected chi connectivity index (χ0v) is 15.2. The van der Waals surface area contributed by atoms with Gasteiger partial charge in [-0.15, -0.1) is 12.4 Å². The molecule has 0 aliphatic carbocycles. The van der Waals surface area contributed by atoms with Crippen LogP contribution in [0, 0.1) is 0 Å². The molecular formula is C12H17BrClN3O4S. The van der Waals surface area contributed by atoms with Crippen LogP contribution >= 0.6 is 28.3 Å². The number of nitrogens with two attached hydrogens (primary N) is 1. The number of anilines is 1. The largest absolute Gasteiger partial charge is 0.482 e. The molecule has 1 aromatic carbocycles. The molecule has 124 valence electrons. The van der Waals surface area contributed by atoms with Crippen LogP contribution in [0.4, 0.5) is 5.69 Å². The van der Waals surface area contributed by atoms with Gasteiger partial charge in [0.2, 0.25) is 10.0 Å². The van der Waals surface area contributed by atoms with Gasteiger partial charge in [0.25, 0.3) is 5.91 Å². The summed E-state index contributed by atoms with van der Waals surface area (Å²) in [5.74, 6) is 0.0261. The van der Waals surface area contributed by atoms with Crippen molar-refractivity contribution in [3.63, 3.8) is 0 Å². The van der Waals surface area contributed by atoms with Crippen LogP contribution in [0.2, 0.25) is 0 Å². The standard InChI is InChI=1S/C12H16BrN3O4S.ClH/c1-12(2,14)6-15-21(18,19)10-4-9-8(3-7(10)13)16-11(17)5-20-9;/h3-4,15H,5-6,14H2,1-2H3,(H,16,17);1H. The summed E-state index contributed by atoms with van der Waals surface area (Å²) in [5, 5.41) is 2.61. The Morgan fingerprint density at radius 1 is 1.45 bits per heavy atom. The Kier molecular flexibility index (Phi) is 5.85. The highest BCUT2D eigenvalue weighted by Crippen LogP contribution is 2.35. The topological polar surface area (TPSA) is 111 Å². The van der Waals surface area contributed by atoms with E-state index in [2.05, 4.69) is 26.0 Å². The van der Waals surface area contributed by atoms with Gasteiger partial charge in [0.1, 0.15) is 5.75 Å². The molecule has 22 heavy (non-hydrogen) atoms. The van der Waals surface area contributed by atoms with Gasteiger partial charge in [0, 0.05) is 22.6 Å². The summed E-state index contributed by atoms with van der Waals surface area (Å²) in [7, 11) is -3.74. The Balaban J connectivity index is 0.00000242. The third kappa shape index (κ3) is 4.56. The van der Waals surface area contributed by atoms with Crippen LogP contribution in [0.5, 0.6) is 5.75 Å². The molecule has 0 saturated carbocycles. The smallest absolute Gasteiger partial charge is 0.262 e. The fourth-order valence-electron chi connectivity index (χ4n) is 1.65. The third-order valence-corrected chi connectivity index (χ3v) is 5.03. The maximum absolute atomic E-state index is 12.3. The van der Waals surface area contributed by atoms with Gasteiger partial charge in [-0.1, -0.05) is 0 Å². The number of halogens is 2. The Morgan fingerprint density at radius 3 is 2.68 bits per heavy atom. The molecule has 4 N–H and O–H groups in total. The number of nitrogens with one attached hydrogen (secondary N) is 2. The fraction of sp³-hybridized carbons (Fsp3) is 0.417. The van der Waals surface area contributed by atoms with E-state index < -0.39 is 15.6 Å². The van der Waals surface area contributed by atoms with Gasteiger partial charge >= 0.3 is 0 Å². The molecule has 0 aromatic heterocycles. The number of fused-ring (bicyclic) bond motifs is 1. The summed E-state index contributed by atoms with van der Waals surface area (Å²) in [5.41, 5.74) is 5.53. The minimum Gasteiger partial charge on any atom is -0.482 e. The van der Waals surface area contributed by atoms with Gasteiger partial charge in [-0.3, -0.25) is 4.79 Å². The second-order valence-electron chi connectivity index (χ2n) is 5.43. The molecule has 1 aromatic rings. The summed E-state index contributed by atoms with van der Waals surface area (Å²) in [6.07, 6.45) is 0. The lowest BCUT2D eigenvalue weighted by Crippen LogP contribution is -2.45. The van der Waals surface area contributed by atoms with E-state index in [-0.39, 0.29) is 36.4 Å². The predicted molar refractivity (Wildman–Crippen MR) is 89.0 cm³/mol. The summed E-state index contributed by atoms with van der Waals surface area (Å²) in [6, 6.07) is 2.86. The number of rotatable bonds is 4. The number of hydrogen-bond donors (Lipinski definition) is 3. The molecular weight excluding hydrogens is 398 g/mol. The molecule has 1 aliphatic rings. The van der Waals surface area contributed by atoms with Crippen LogP contribution in [0.25, 0.3) is 0 Å². The first-order valence-corrected chi connectivity index (χ1v) is 8.41. The predicted octanol–water partition coefficient (Wildman–Crippen LogP) is 1.22. The summed E-state index contributed by atoms with van der Waals surface area (Å²) < 4.78 is 32.6. The Labute approximate surface area is 143 Å². The molecule has 1 aliphatic heterocycles. The van der Waals surface area contributed by atoms with Gasteiger partial charge in [-0.2, -0.15) is 0 Å². The molecule has 10 heteroatoms. The van der Waals surface area contributed by atoms with Crippen molar-refractivity contribution >= 4 is 50.0 Å². The molecule has 0 spiro atoms. The van der Waals surface area contributed by atoms with Crippen LogP contribution in [0.1, 0.15) is 13.8 Å². The summed E-state index contributed by atoms with van der Waals surface area (Å²) >= 11 is 3.19.